The molecule has 0 spiro atoms. The second kappa shape index (κ2) is 4.57. The Morgan fingerprint density at radius 1 is 1.47 bits per heavy atom. The number of rotatable bonds is 4. The topological polar surface area (TPSA) is 72.9 Å². The van der Waals surface area contributed by atoms with Crippen molar-refractivity contribution >= 4 is 5.95 Å². The predicted octanol–water partition coefficient (Wildman–Crippen LogP) is 0.130. The molecule has 0 radical (unpaired) electrons. The van der Waals surface area contributed by atoms with Crippen LogP contribution < -0.4 is 5.73 Å². The number of anilines is 1. The molecule has 1 heterocycles. The number of hydrogen-bond donors (Lipinski definition) is 1. The molecule has 0 amide bonds. The van der Waals surface area contributed by atoms with Crippen LogP contribution in [0.3, 0.4) is 0 Å². The summed E-state index contributed by atoms with van der Waals surface area (Å²) in [5.41, 5.74) is 5.59. The van der Waals surface area contributed by atoms with E-state index in [1.807, 2.05) is 0 Å². The fourth-order valence-electron chi connectivity index (χ4n) is 2.15. The molecule has 84 valence electrons. The highest BCUT2D eigenvalue weighted by atomic mass is 15.6. The summed E-state index contributed by atoms with van der Waals surface area (Å²) in [4.78, 5) is 2.38. The lowest BCUT2D eigenvalue weighted by Gasteiger charge is -2.23. The second-order valence-corrected chi connectivity index (χ2v) is 4.18. The molecular weight excluding hydrogens is 192 g/mol. The quantitative estimate of drug-likeness (QED) is 0.764. The van der Waals surface area contributed by atoms with Crippen molar-refractivity contribution in [2.45, 2.75) is 38.3 Å². The van der Waals surface area contributed by atoms with Crippen LogP contribution in [0, 0.1) is 0 Å². The van der Waals surface area contributed by atoms with Crippen molar-refractivity contribution in [1.82, 2.24) is 25.1 Å². The molecule has 0 aromatic carbocycles. The smallest absolute Gasteiger partial charge is 0.240 e. The van der Waals surface area contributed by atoms with Crippen molar-refractivity contribution in [2.24, 2.45) is 0 Å². The Morgan fingerprint density at radius 3 is 2.80 bits per heavy atom. The van der Waals surface area contributed by atoms with Gasteiger partial charge < -0.3 is 10.6 Å². The van der Waals surface area contributed by atoms with E-state index < -0.39 is 0 Å². The van der Waals surface area contributed by atoms with Crippen molar-refractivity contribution in [3.05, 3.63) is 0 Å². The standard InChI is InChI=1S/C9H18N6/c1-14(8-4-2-3-5-8)6-7-15-9(10)11-12-13-15/h8H,2-7H2,1H3,(H2,10,11,13). The van der Waals surface area contributed by atoms with E-state index in [0.29, 0.717) is 5.95 Å². The van der Waals surface area contributed by atoms with Crippen LogP contribution in [-0.4, -0.2) is 44.7 Å². The van der Waals surface area contributed by atoms with Gasteiger partial charge in [0.05, 0.1) is 6.54 Å². The summed E-state index contributed by atoms with van der Waals surface area (Å²) >= 11 is 0. The molecule has 1 aromatic rings. The molecule has 1 aliphatic rings. The fraction of sp³-hybridized carbons (Fsp3) is 0.889. The average Bonchev–Trinajstić information content (AvgIpc) is 2.85. The number of hydrogen-bond acceptors (Lipinski definition) is 5. The highest BCUT2D eigenvalue weighted by Gasteiger charge is 2.19. The zero-order valence-corrected chi connectivity index (χ0v) is 9.13. The predicted molar refractivity (Wildman–Crippen MR) is 57.1 cm³/mol. The fourth-order valence-corrected chi connectivity index (χ4v) is 2.15. The first-order valence-electron chi connectivity index (χ1n) is 5.49. The van der Waals surface area contributed by atoms with Crippen LogP contribution in [0.5, 0.6) is 0 Å². The zero-order chi connectivity index (χ0) is 10.7. The summed E-state index contributed by atoms with van der Waals surface area (Å²) < 4.78 is 1.64. The summed E-state index contributed by atoms with van der Waals surface area (Å²) in [7, 11) is 2.16. The molecule has 2 rings (SSSR count). The lowest BCUT2D eigenvalue weighted by Crippen LogP contribution is -2.32. The molecule has 0 bridgehead atoms. The van der Waals surface area contributed by atoms with Gasteiger partial charge >= 0.3 is 0 Å². The molecule has 6 nitrogen and oxygen atoms in total. The molecule has 1 aliphatic carbocycles. The lowest BCUT2D eigenvalue weighted by atomic mass is 10.2. The average molecular weight is 210 g/mol. The van der Waals surface area contributed by atoms with Crippen LogP contribution in [0.4, 0.5) is 5.95 Å². The first kappa shape index (κ1) is 10.4. The molecule has 1 fully saturated rings. The zero-order valence-electron chi connectivity index (χ0n) is 9.13. The van der Waals surface area contributed by atoms with Crippen LogP contribution in [-0.2, 0) is 6.54 Å². The van der Waals surface area contributed by atoms with Crippen molar-refractivity contribution in [3.63, 3.8) is 0 Å². The van der Waals surface area contributed by atoms with Crippen molar-refractivity contribution in [1.29, 1.82) is 0 Å². The maximum absolute atomic E-state index is 5.59. The number of nitrogens with two attached hydrogens (primary N) is 1. The summed E-state index contributed by atoms with van der Waals surface area (Å²) in [6, 6.07) is 0.739. The van der Waals surface area contributed by atoms with Gasteiger partial charge in [-0.1, -0.05) is 17.9 Å². The van der Waals surface area contributed by atoms with Crippen LogP contribution >= 0.6 is 0 Å². The van der Waals surface area contributed by atoms with Gasteiger partial charge in [-0.05, 0) is 30.3 Å². The molecule has 6 heteroatoms. The molecular formula is C9H18N6. The molecule has 2 N–H and O–H groups in total. The molecule has 0 unspecified atom stereocenters. The first-order valence-corrected chi connectivity index (χ1v) is 5.49. The van der Waals surface area contributed by atoms with E-state index in [4.69, 9.17) is 5.73 Å². The molecule has 1 saturated carbocycles. The van der Waals surface area contributed by atoms with E-state index in [1.165, 1.54) is 25.7 Å². The second-order valence-electron chi connectivity index (χ2n) is 4.18. The summed E-state index contributed by atoms with van der Waals surface area (Å²) in [5.74, 6) is 0.398. The minimum atomic E-state index is 0.398. The Morgan fingerprint density at radius 2 is 2.20 bits per heavy atom. The maximum Gasteiger partial charge on any atom is 0.240 e. The van der Waals surface area contributed by atoms with Crippen LogP contribution in [0.15, 0.2) is 0 Å². The number of likely N-dealkylation sites (N-methyl/N-ethyl adjacent to an activating group) is 1. The van der Waals surface area contributed by atoms with Gasteiger partial charge in [0.25, 0.3) is 0 Å². The van der Waals surface area contributed by atoms with Gasteiger partial charge in [0, 0.05) is 12.6 Å². The van der Waals surface area contributed by atoms with Crippen LogP contribution in [0.1, 0.15) is 25.7 Å². The Labute approximate surface area is 89.4 Å². The number of aromatic nitrogens is 4. The van der Waals surface area contributed by atoms with Crippen LogP contribution in [0.2, 0.25) is 0 Å². The normalized spacial score (nSPS) is 17.7. The molecule has 0 saturated heterocycles. The number of nitrogens with zero attached hydrogens (tertiary/aromatic N) is 5. The molecule has 0 aliphatic heterocycles. The Hall–Kier alpha value is -1.17. The Bertz CT molecular complexity index is 303. The summed E-state index contributed by atoms with van der Waals surface area (Å²) in [6.07, 6.45) is 5.37. The van der Waals surface area contributed by atoms with Gasteiger partial charge in [0.1, 0.15) is 0 Å². The van der Waals surface area contributed by atoms with Crippen molar-refractivity contribution in [3.8, 4) is 0 Å². The number of nitrogen functional groups attached to an aromatic ring is 1. The Kier molecular flexibility index (Phi) is 3.15. The number of tetrazole rings is 1. The summed E-state index contributed by atoms with van der Waals surface area (Å²) in [6.45, 7) is 1.73. The van der Waals surface area contributed by atoms with Gasteiger partial charge in [0.15, 0.2) is 0 Å². The van der Waals surface area contributed by atoms with E-state index in [1.54, 1.807) is 4.68 Å². The van der Waals surface area contributed by atoms with Crippen molar-refractivity contribution in [2.75, 3.05) is 19.3 Å². The molecule has 15 heavy (non-hydrogen) atoms. The van der Waals surface area contributed by atoms with E-state index in [9.17, 15) is 0 Å². The third-order valence-corrected chi connectivity index (χ3v) is 3.17. The van der Waals surface area contributed by atoms with Gasteiger partial charge in [-0.15, -0.1) is 0 Å². The highest BCUT2D eigenvalue weighted by molar-refractivity contribution is 5.09. The third-order valence-electron chi connectivity index (χ3n) is 3.17. The van der Waals surface area contributed by atoms with E-state index in [-0.39, 0.29) is 0 Å². The largest absolute Gasteiger partial charge is 0.367 e. The Balaban J connectivity index is 1.80. The molecule has 1 aromatic heterocycles. The van der Waals surface area contributed by atoms with Gasteiger partial charge in [-0.2, -0.15) is 0 Å². The van der Waals surface area contributed by atoms with E-state index in [0.717, 1.165) is 19.1 Å². The first-order chi connectivity index (χ1) is 7.27. The van der Waals surface area contributed by atoms with Crippen LogP contribution in [0.25, 0.3) is 0 Å². The monoisotopic (exact) mass is 210 g/mol. The van der Waals surface area contributed by atoms with Gasteiger partial charge in [-0.25, -0.2) is 4.68 Å². The van der Waals surface area contributed by atoms with Crippen molar-refractivity contribution < 1.29 is 0 Å². The molecule has 0 atom stereocenters. The minimum Gasteiger partial charge on any atom is -0.367 e. The SMILES string of the molecule is CN(CCn1nnnc1N)C1CCCC1. The van der Waals surface area contributed by atoms with Gasteiger partial charge in [0.2, 0.25) is 5.95 Å². The van der Waals surface area contributed by atoms with Gasteiger partial charge in [-0.3, -0.25) is 0 Å². The third kappa shape index (κ3) is 2.44. The minimum absolute atomic E-state index is 0.398. The maximum atomic E-state index is 5.59. The lowest BCUT2D eigenvalue weighted by molar-refractivity contribution is 0.233. The highest BCUT2D eigenvalue weighted by Crippen LogP contribution is 2.22. The van der Waals surface area contributed by atoms with E-state index >= 15 is 0 Å². The summed E-state index contributed by atoms with van der Waals surface area (Å²) in [5, 5.41) is 11.0. The van der Waals surface area contributed by atoms with E-state index in [2.05, 4.69) is 27.5 Å².